The first-order chi connectivity index (χ1) is 4.56. The maximum Gasteiger partial charge on any atom is 0.0597 e. The Morgan fingerprint density at radius 3 is 2.56 bits per heavy atom. The summed E-state index contributed by atoms with van der Waals surface area (Å²) in [7, 11) is 0. The highest BCUT2D eigenvalue weighted by atomic mass is 16.3. The summed E-state index contributed by atoms with van der Waals surface area (Å²) in [5.41, 5.74) is 0. The zero-order valence-corrected chi connectivity index (χ0v) is 6.48. The molecule has 1 N–H and O–H groups in total. The standard InChI is InChI=1S/C8H18O/c1-3-4-5-6-7-8(2)9/h8-9H,3-7H2,1-2H3/t8-/m1/s1/i8D. The minimum Gasteiger partial charge on any atom is -0.393 e. The molecule has 9 heavy (non-hydrogen) atoms. The van der Waals surface area contributed by atoms with Gasteiger partial charge in [0.2, 0.25) is 0 Å². The molecular weight excluding hydrogens is 112 g/mol. The molecule has 0 amide bonds. The van der Waals surface area contributed by atoms with Crippen molar-refractivity contribution in [2.75, 3.05) is 0 Å². The monoisotopic (exact) mass is 131 g/mol. The molecule has 0 bridgehead atoms. The maximum atomic E-state index is 8.98. The van der Waals surface area contributed by atoms with Gasteiger partial charge in [-0.3, -0.25) is 0 Å². The van der Waals surface area contributed by atoms with Crippen molar-refractivity contribution in [3.05, 3.63) is 0 Å². The number of unbranched alkanes of at least 4 members (excludes halogenated alkanes) is 3. The molecule has 0 aromatic carbocycles. The molecule has 0 aromatic heterocycles. The van der Waals surface area contributed by atoms with Crippen LogP contribution < -0.4 is 0 Å². The van der Waals surface area contributed by atoms with E-state index in [2.05, 4.69) is 6.92 Å². The van der Waals surface area contributed by atoms with Gasteiger partial charge in [-0.1, -0.05) is 32.6 Å². The molecule has 1 heteroatoms. The second kappa shape index (κ2) is 6.09. The van der Waals surface area contributed by atoms with Crippen LogP contribution in [0.1, 0.15) is 47.3 Å². The minimum atomic E-state index is -1.20. The van der Waals surface area contributed by atoms with Crippen LogP contribution >= 0.6 is 0 Å². The quantitative estimate of drug-likeness (QED) is 0.568. The Balaban J connectivity index is 3.04. The second-order valence-corrected chi connectivity index (χ2v) is 2.55. The average molecular weight is 131 g/mol. The Hall–Kier alpha value is -0.0400. The van der Waals surface area contributed by atoms with Crippen molar-refractivity contribution in [3.8, 4) is 0 Å². The van der Waals surface area contributed by atoms with Crippen molar-refractivity contribution in [3.63, 3.8) is 0 Å². The molecule has 0 saturated heterocycles. The summed E-state index contributed by atoms with van der Waals surface area (Å²) >= 11 is 0. The summed E-state index contributed by atoms with van der Waals surface area (Å²) in [4.78, 5) is 0. The molecule has 0 fully saturated rings. The molecule has 1 nitrogen and oxygen atoms in total. The van der Waals surface area contributed by atoms with Gasteiger partial charge in [0.05, 0.1) is 7.45 Å². The minimum absolute atomic E-state index is 0.604. The SMILES string of the molecule is [2H][C@](C)(O)CCCCCC. The van der Waals surface area contributed by atoms with E-state index in [9.17, 15) is 0 Å². The van der Waals surface area contributed by atoms with Gasteiger partial charge in [-0.25, -0.2) is 0 Å². The highest BCUT2D eigenvalue weighted by Gasteiger charge is 1.93. The fourth-order valence-corrected chi connectivity index (χ4v) is 0.808. The lowest BCUT2D eigenvalue weighted by atomic mass is 10.1. The van der Waals surface area contributed by atoms with Crippen molar-refractivity contribution in [1.29, 1.82) is 0 Å². The Morgan fingerprint density at radius 2 is 2.11 bits per heavy atom. The van der Waals surface area contributed by atoms with Crippen LogP contribution in [0.3, 0.4) is 0 Å². The molecule has 56 valence electrons. The molecule has 0 aliphatic heterocycles. The van der Waals surface area contributed by atoms with E-state index in [1.807, 2.05) is 0 Å². The Bertz CT molecular complexity index is 75.8. The lowest BCUT2D eigenvalue weighted by Gasteiger charge is -2.01. The molecule has 1 atom stereocenters. The van der Waals surface area contributed by atoms with Gasteiger partial charge in [0.25, 0.3) is 0 Å². The number of hydrogen-bond acceptors (Lipinski definition) is 1. The van der Waals surface area contributed by atoms with Gasteiger partial charge in [0, 0.05) is 0 Å². The predicted molar refractivity (Wildman–Crippen MR) is 40.4 cm³/mol. The Kier molecular flexibility index (Phi) is 4.78. The highest BCUT2D eigenvalue weighted by molar-refractivity contribution is 4.47. The topological polar surface area (TPSA) is 20.2 Å². The molecule has 0 rings (SSSR count). The largest absolute Gasteiger partial charge is 0.393 e. The summed E-state index contributed by atoms with van der Waals surface area (Å²) in [5.74, 6) is 0. The lowest BCUT2D eigenvalue weighted by Crippen LogP contribution is -1.97. The molecule has 0 aliphatic carbocycles. The van der Waals surface area contributed by atoms with Crippen LogP contribution in [-0.2, 0) is 0 Å². The van der Waals surface area contributed by atoms with Crippen LogP contribution in [0.15, 0.2) is 0 Å². The summed E-state index contributed by atoms with van der Waals surface area (Å²) in [5, 5.41) is 8.98. The van der Waals surface area contributed by atoms with Gasteiger partial charge in [-0.05, 0) is 13.3 Å². The van der Waals surface area contributed by atoms with Gasteiger partial charge >= 0.3 is 0 Å². The van der Waals surface area contributed by atoms with Gasteiger partial charge in [-0.2, -0.15) is 0 Å². The highest BCUT2D eigenvalue weighted by Crippen LogP contribution is 2.04. The first-order valence-corrected chi connectivity index (χ1v) is 3.78. The van der Waals surface area contributed by atoms with Gasteiger partial charge in [-0.15, -0.1) is 0 Å². The van der Waals surface area contributed by atoms with E-state index < -0.39 is 6.08 Å². The van der Waals surface area contributed by atoms with Crippen molar-refractivity contribution in [1.82, 2.24) is 0 Å². The van der Waals surface area contributed by atoms with Crippen LogP contribution in [0.25, 0.3) is 0 Å². The van der Waals surface area contributed by atoms with E-state index in [1.54, 1.807) is 6.92 Å². The van der Waals surface area contributed by atoms with E-state index in [4.69, 9.17) is 6.48 Å². The van der Waals surface area contributed by atoms with Crippen LogP contribution in [0.4, 0.5) is 0 Å². The van der Waals surface area contributed by atoms with Crippen LogP contribution in [-0.4, -0.2) is 11.2 Å². The molecule has 0 heterocycles. The van der Waals surface area contributed by atoms with E-state index in [1.165, 1.54) is 12.8 Å². The molecule has 0 aliphatic rings. The smallest absolute Gasteiger partial charge is 0.0597 e. The molecule has 0 aromatic rings. The normalized spacial score (nSPS) is 18.8. The average Bonchev–Trinajstić information content (AvgIpc) is 1.78. The van der Waals surface area contributed by atoms with E-state index in [0.29, 0.717) is 6.42 Å². The van der Waals surface area contributed by atoms with Crippen LogP contribution in [0.2, 0.25) is 0 Å². The summed E-state index contributed by atoms with van der Waals surface area (Å²) in [6.07, 6.45) is 3.95. The second-order valence-electron chi connectivity index (χ2n) is 2.55. The third kappa shape index (κ3) is 7.96. The third-order valence-electron chi connectivity index (χ3n) is 1.39. The zero-order valence-electron chi connectivity index (χ0n) is 7.48. The fourth-order valence-electron chi connectivity index (χ4n) is 0.808. The number of aliphatic hydroxyl groups is 1. The van der Waals surface area contributed by atoms with E-state index >= 15 is 0 Å². The van der Waals surface area contributed by atoms with E-state index in [-0.39, 0.29) is 0 Å². The molecule has 0 radical (unpaired) electrons. The first kappa shape index (κ1) is 7.07. The van der Waals surface area contributed by atoms with Crippen molar-refractivity contribution in [2.45, 2.75) is 52.0 Å². The van der Waals surface area contributed by atoms with Crippen LogP contribution in [0, 0.1) is 0 Å². The maximum absolute atomic E-state index is 8.98. The number of hydrogen-bond donors (Lipinski definition) is 1. The zero-order chi connectivity index (χ0) is 8.04. The fraction of sp³-hybridized carbons (Fsp3) is 1.00. The molecule has 0 spiro atoms. The summed E-state index contributed by atoms with van der Waals surface area (Å²) in [6, 6.07) is 0. The van der Waals surface area contributed by atoms with E-state index in [0.717, 1.165) is 12.8 Å². The molecule has 0 unspecified atom stereocenters. The van der Waals surface area contributed by atoms with Gasteiger partial charge in [0.1, 0.15) is 0 Å². The van der Waals surface area contributed by atoms with Crippen molar-refractivity contribution >= 4 is 0 Å². The van der Waals surface area contributed by atoms with Gasteiger partial charge < -0.3 is 5.11 Å². The molecular formula is C8H18O. The van der Waals surface area contributed by atoms with Gasteiger partial charge in [0.15, 0.2) is 0 Å². The van der Waals surface area contributed by atoms with Crippen molar-refractivity contribution < 1.29 is 6.48 Å². The summed E-state index contributed by atoms with van der Waals surface area (Å²) < 4.78 is 7.12. The van der Waals surface area contributed by atoms with Crippen molar-refractivity contribution in [2.24, 2.45) is 0 Å². The third-order valence-corrected chi connectivity index (χ3v) is 1.39. The Labute approximate surface area is 59.5 Å². The Morgan fingerprint density at radius 1 is 1.44 bits per heavy atom. The van der Waals surface area contributed by atoms with Crippen LogP contribution in [0.5, 0.6) is 0 Å². The predicted octanol–water partition coefficient (Wildman–Crippen LogP) is 2.34. The number of rotatable bonds is 5. The first-order valence-electron chi connectivity index (χ1n) is 4.28. The summed E-state index contributed by atoms with van der Waals surface area (Å²) in [6.45, 7) is 3.69. The molecule has 0 saturated carbocycles. The lowest BCUT2D eigenvalue weighted by molar-refractivity contribution is 0.180.